The Kier molecular flexibility index (Phi) is 3.84. The summed E-state index contributed by atoms with van der Waals surface area (Å²) in [5.74, 6) is 0.470. The summed E-state index contributed by atoms with van der Waals surface area (Å²) in [7, 11) is 0. The Morgan fingerprint density at radius 2 is 1.89 bits per heavy atom. The van der Waals surface area contributed by atoms with Crippen LogP contribution in [0.4, 0.5) is 5.69 Å². The molecule has 0 radical (unpaired) electrons. The number of para-hydroxylation sites is 1. The summed E-state index contributed by atoms with van der Waals surface area (Å²) in [4.78, 5) is 18.5. The number of nitro benzene ring substituents is 1. The Labute approximate surface area is 109 Å². The van der Waals surface area contributed by atoms with E-state index in [1.807, 2.05) is 0 Å². The first-order chi connectivity index (χ1) is 8.68. The summed E-state index contributed by atoms with van der Waals surface area (Å²) in [5, 5.41) is 10.4. The molecule has 0 spiro atoms. The zero-order valence-corrected chi connectivity index (χ0v) is 10.1. The summed E-state index contributed by atoms with van der Waals surface area (Å²) in [5.41, 5.74) is 0.647. The molecule has 6 heteroatoms. The van der Waals surface area contributed by atoms with Gasteiger partial charge in [-0.2, -0.15) is 0 Å². The SMILES string of the molecule is O=[N+]([O-])c1ccccc1CC(Cl)c1ncccn1. The van der Waals surface area contributed by atoms with E-state index in [2.05, 4.69) is 9.97 Å². The number of hydrogen-bond donors (Lipinski definition) is 0. The fourth-order valence-corrected chi connectivity index (χ4v) is 1.90. The van der Waals surface area contributed by atoms with Gasteiger partial charge in [0, 0.05) is 30.4 Å². The van der Waals surface area contributed by atoms with Crippen LogP contribution >= 0.6 is 11.6 Å². The van der Waals surface area contributed by atoms with Gasteiger partial charge in [0.25, 0.3) is 5.69 Å². The van der Waals surface area contributed by atoms with Crippen LogP contribution < -0.4 is 0 Å². The third kappa shape index (κ3) is 2.81. The molecule has 0 saturated carbocycles. The molecule has 0 bridgehead atoms. The van der Waals surface area contributed by atoms with Crippen LogP contribution in [-0.4, -0.2) is 14.9 Å². The second-order valence-corrected chi connectivity index (χ2v) is 4.19. The predicted octanol–water partition coefficient (Wildman–Crippen LogP) is 2.91. The standard InChI is InChI=1S/C12H10ClN3O2/c13-10(12-14-6-3-7-15-12)8-9-4-1-2-5-11(9)16(17)18/h1-7,10H,8H2. The molecule has 0 N–H and O–H groups in total. The summed E-state index contributed by atoms with van der Waals surface area (Å²) in [6, 6.07) is 8.22. The van der Waals surface area contributed by atoms with Crippen molar-refractivity contribution in [3.8, 4) is 0 Å². The molecule has 0 aliphatic carbocycles. The molecule has 0 aliphatic rings. The molecule has 1 aromatic heterocycles. The van der Waals surface area contributed by atoms with Gasteiger partial charge in [-0.15, -0.1) is 11.6 Å². The van der Waals surface area contributed by atoms with E-state index in [0.29, 0.717) is 17.8 Å². The maximum Gasteiger partial charge on any atom is 0.272 e. The van der Waals surface area contributed by atoms with Gasteiger partial charge in [0.2, 0.25) is 0 Å². The predicted molar refractivity (Wildman–Crippen MR) is 67.4 cm³/mol. The van der Waals surface area contributed by atoms with Gasteiger partial charge in [0.05, 0.1) is 10.3 Å². The van der Waals surface area contributed by atoms with Crippen LogP contribution in [0.1, 0.15) is 16.8 Å². The van der Waals surface area contributed by atoms with Gasteiger partial charge in [-0.1, -0.05) is 18.2 Å². The molecule has 2 aromatic rings. The number of halogens is 1. The Balaban J connectivity index is 2.22. The molecular formula is C12H10ClN3O2. The lowest BCUT2D eigenvalue weighted by Crippen LogP contribution is -2.03. The van der Waals surface area contributed by atoms with Crippen molar-refractivity contribution in [2.45, 2.75) is 11.8 Å². The third-order valence-electron chi connectivity index (χ3n) is 2.45. The Morgan fingerprint density at radius 1 is 1.22 bits per heavy atom. The molecule has 18 heavy (non-hydrogen) atoms. The third-order valence-corrected chi connectivity index (χ3v) is 2.80. The molecule has 1 heterocycles. The maximum absolute atomic E-state index is 10.9. The van der Waals surface area contributed by atoms with Gasteiger partial charge in [0.1, 0.15) is 5.82 Å². The number of alkyl halides is 1. The second kappa shape index (κ2) is 5.55. The van der Waals surface area contributed by atoms with Gasteiger partial charge in [-0.3, -0.25) is 10.1 Å². The van der Waals surface area contributed by atoms with Crippen molar-refractivity contribution in [1.82, 2.24) is 9.97 Å². The number of rotatable bonds is 4. The Bertz CT molecular complexity index is 548. The van der Waals surface area contributed by atoms with Crippen molar-refractivity contribution < 1.29 is 4.92 Å². The highest BCUT2D eigenvalue weighted by Crippen LogP contribution is 2.26. The zero-order chi connectivity index (χ0) is 13.0. The van der Waals surface area contributed by atoms with Crippen molar-refractivity contribution >= 4 is 17.3 Å². The number of benzene rings is 1. The monoisotopic (exact) mass is 263 g/mol. The van der Waals surface area contributed by atoms with E-state index in [4.69, 9.17) is 11.6 Å². The Morgan fingerprint density at radius 3 is 2.56 bits per heavy atom. The molecule has 0 aliphatic heterocycles. The average molecular weight is 264 g/mol. The summed E-state index contributed by atoms with van der Waals surface area (Å²) in [6.45, 7) is 0. The van der Waals surface area contributed by atoms with Gasteiger partial charge in [-0.05, 0) is 6.07 Å². The average Bonchev–Trinajstić information content (AvgIpc) is 2.40. The molecule has 1 atom stereocenters. The summed E-state index contributed by atoms with van der Waals surface area (Å²) >= 11 is 6.17. The normalized spacial score (nSPS) is 12.1. The number of nitrogens with zero attached hydrogens (tertiary/aromatic N) is 3. The van der Waals surface area contributed by atoms with Crippen LogP contribution in [0.25, 0.3) is 0 Å². The lowest BCUT2D eigenvalue weighted by Gasteiger charge is -2.07. The van der Waals surface area contributed by atoms with E-state index in [9.17, 15) is 10.1 Å². The second-order valence-electron chi connectivity index (χ2n) is 3.66. The van der Waals surface area contributed by atoms with Crippen molar-refractivity contribution in [2.75, 3.05) is 0 Å². The largest absolute Gasteiger partial charge is 0.272 e. The number of aromatic nitrogens is 2. The van der Waals surface area contributed by atoms with Crippen molar-refractivity contribution in [1.29, 1.82) is 0 Å². The molecular weight excluding hydrogens is 254 g/mol. The molecule has 5 nitrogen and oxygen atoms in total. The van der Waals surface area contributed by atoms with Gasteiger partial charge in [-0.25, -0.2) is 9.97 Å². The lowest BCUT2D eigenvalue weighted by atomic mass is 10.1. The summed E-state index contributed by atoms with van der Waals surface area (Å²) < 4.78 is 0. The molecule has 92 valence electrons. The number of nitro groups is 1. The Hall–Kier alpha value is -2.01. The number of hydrogen-bond acceptors (Lipinski definition) is 4. The highest BCUT2D eigenvalue weighted by Gasteiger charge is 2.18. The molecule has 0 fully saturated rings. The molecule has 2 rings (SSSR count). The quantitative estimate of drug-likeness (QED) is 0.483. The minimum absolute atomic E-state index is 0.0686. The van der Waals surface area contributed by atoms with Crippen LogP contribution in [0.2, 0.25) is 0 Å². The van der Waals surface area contributed by atoms with E-state index in [0.717, 1.165) is 0 Å². The van der Waals surface area contributed by atoms with Gasteiger partial charge < -0.3 is 0 Å². The van der Waals surface area contributed by atoms with E-state index in [1.54, 1.807) is 36.7 Å². The first-order valence-electron chi connectivity index (χ1n) is 5.32. The van der Waals surface area contributed by atoms with E-state index >= 15 is 0 Å². The maximum atomic E-state index is 10.9. The van der Waals surface area contributed by atoms with E-state index in [1.165, 1.54) is 6.07 Å². The minimum atomic E-state index is -0.479. The zero-order valence-electron chi connectivity index (χ0n) is 9.36. The fourth-order valence-electron chi connectivity index (χ4n) is 1.62. The van der Waals surface area contributed by atoms with Crippen molar-refractivity contribution in [2.24, 2.45) is 0 Å². The first kappa shape index (κ1) is 12.4. The van der Waals surface area contributed by atoms with Crippen LogP contribution in [0, 0.1) is 10.1 Å². The molecule has 0 amide bonds. The van der Waals surface area contributed by atoms with Gasteiger partial charge >= 0.3 is 0 Å². The molecule has 1 unspecified atom stereocenters. The van der Waals surface area contributed by atoms with E-state index in [-0.39, 0.29) is 5.69 Å². The molecule has 0 saturated heterocycles. The fraction of sp³-hybridized carbons (Fsp3) is 0.167. The first-order valence-corrected chi connectivity index (χ1v) is 5.75. The lowest BCUT2D eigenvalue weighted by molar-refractivity contribution is -0.385. The van der Waals surface area contributed by atoms with Crippen LogP contribution in [0.3, 0.4) is 0 Å². The van der Waals surface area contributed by atoms with E-state index < -0.39 is 10.3 Å². The minimum Gasteiger partial charge on any atom is -0.258 e. The van der Waals surface area contributed by atoms with Crippen LogP contribution in [0.15, 0.2) is 42.7 Å². The van der Waals surface area contributed by atoms with Crippen molar-refractivity contribution in [3.05, 3.63) is 64.2 Å². The van der Waals surface area contributed by atoms with Gasteiger partial charge in [0.15, 0.2) is 0 Å². The van der Waals surface area contributed by atoms with Crippen LogP contribution in [-0.2, 0) is 6.42 Å². The van der Waals surface area contributed by atoms with Crippen LogP contribution in [0.5, 0.6) is 0 Å². The smallest absolute Gasteiger partial charge is 0.258 e. The summed E-state index contributed by atoms with van der Waals surface area (Å²) in [6.07, 6.45) is 3.51. The highest BCUT2D eigenvalue weighted by atomic mass is 35.5. The van der Waals surface area contributed by atoms with Crippen molar-refractivity contribution in [3.63, 3.8) is 0 Å². The molecule has 1 aromatic carbocycles. The topological polar surface area (TPSA) is 68.9 Å². The highest BCUT2D eigenvalue weighted by molar-refractivity contribution is 6.20.